The Morgan fingerprint density at radius 2 is 2.11 bits per heavy atom. The summed E-state index contributed by atoms with van der Waals surface area (Å²) in [6, 6.07) is 8.43. The van der Waals surface area contributed by atoms with Gasteiger partial charge in [0.15, 0.2) is 0 Å². The summed E-state index contributed by atoms with van der Waals surface area (Å²) in [6.07, 6.45) is 6.37. The van der Waals surface area contributed by atoms with Crippen molar-refractivity contribution in [3.05, 3.63) is 52.5 Å². The van der Waals surface area contributed by atoms with Crippen molar-refractivity contribution in [1.29, 1.82) is 0 Å². The summed E-state index contributed by atoms with van der Waals surface area (Å²) in [7, 11) is 0. The highest BCUT2D eigenvalue weighted by Crippen LogP contribution is 2.29. The van der Waals surface area contributed by atoms with Gasteiger partial charge in [-0.3, -0.25) is 9.78 Å². The first-order chi connectivity index (χ1) is 9.33. The molecule has 2 heterocycles. The summed E-state index contributed by atoms with van der Waals surface area (Å²) in [5, 5.41) is 2.02. The van der Waals surface area contributed by atoms with Crippen LogP contribution in [0.3, 0.4) is 0 Å². The molecule has 0 aromatic carbocycles. The van der Waals surface area contributed by atoms with E-state index >= 15 is 0 Å². The maximum Gasteiger partial charge on any atom is 0.228 e. The van der Waals surface area contributed by atoms with Crippen molar-refractivity contribution < 1.29 is 4.79 Å². The number of hydrogen-bond acceptors (Lipinski definition) is 3. The summed E-state index contributed by atoms with van der Waals surface area (Å²) < 4.78 is 0. The van der Waals surface area contributed by atoms with E-state index < -0.39 is 0 Å². The van der Waals surface area contributed by atoms with Gasteiger partial charge in [-0.25, -0.2) is 0 Å². The molecule has 0 unspecified atom stereocenters. The lowest BCUT2D eigenvalue weighted by atomic mass is 10.2. The molecule has 19 heavy (non-hydrogen) atoms. The second kappa shape index (κ2) is 5.53. The molecule has 1 fully saturated rings. The highest BCUT2D eigenvalue weighted by molar-refractivity contribution is 7.10. The molecule has 0 N–H and O–H groups in total. The molecule has 98 valence electrons. The fourth-order valence-corrected chi connectivity index (χ4v) is 2.85. The van der Waals surface area contributed by atoms with Crippen LogP contribution in [-0.4, -0.2) is 21.8 Å². The average molecular weight is 272 g/mol. The number of nitrogens with zero attached hydrogens (tertiary/aromatic N) is 2. The van der Waals surface area contributed by atoms with E-state index in [1.165, 1.54) is 0 Å². The summed E-state index contributed by atoms with van der Waals surface area (Å²) in [4.78, 5) is 19.6. The van der Waals surface area contributed by atoms with Gasteiger partial charge in [-0.15, -0.1) is 11.3 Å². The van der Waals surface area contributed by atoms with Crippen LogP contribution in [0.15, 0.2) is 42.0 Å². The second-order valence-corrected chi connectivity index (χ2v) is 5.90. The molecule has 4 heteroatoms. The lowest BCUT2D eigenvalue weighted by molar-refractivity contribution is -0.131. The number of rotatable bonds is 5. The van der Waals surface area contributed by atoms with E-state index in [0.717, 1.165) is 23.3 Å². The van der Waals surface area contributed by atoms with E-state index in [0.29, 0.717) is 19.0 Å². The average Bonchev–Trinajstić information content (AvgIpc) is 3.15. The van der Waals surface area contributed by atoms with Crippen molar-refractivity contribution >= 4 is 17.2 Å². The first-order valence-electron chi connectivity index (χ1n) is 6.53. The topological polar surface area (TPSA) is 33.2 Å². The van der Waals surface area contributed by atoms with E-state index in [1.807, 2.05) is 34.5 Å². The minimum atomic E-state index is 0.238. The van der Waals surface area contributed by atoms with Crippen LogP contribution in [0.2, 0.25) is 0 Å². The van der Waals surface area contributed by atoms with Crippen molar-refractivity contribution in [3.8, 4) is 0 Å². The zero-order chi connectivity index (χ0) is 13.1. The predicted octanol–water partition coefficient (Wildman–Crippen LogP) is 2.88. The number of amides is 1. The third kappa shape index (κ3) is 3.20. The Balaban J connectivity index is 1.69. The largest absolute Gasteiger partial charge is 0.335 e. The summed E-state index contributed by atoms with van der Waals surface area (Å²) >= 11 is 1.65. The first kappa shape index (κ1) is 12.4. The minimum Gasteiger partial charge on any atom is -0.335 e. The highest BCUT2D eigenvalue weighted by atomic mass is 32.1. The van der Waals surface area contributed by atoms with Crippen molar-refractivity contribution in [1.82, 2.24) is 9.88 Å². The van der Waals surface area contributed by atoms with Gasteiger partial charge >= 0.3 is 0 Å². The maximum atomic E-state index is 12.4. The molecule has 0 saturated heterocycles. The van der Waals surface area contributed by atoms with E-state index in [9.17, 15) is 4.79 Å². The Morgan fingerprint density at radius 3 is 2.74 bits per heavy atom. The van der Waals surface area contributed by atoms with Gasteiger partial charge in [0.25, 0.3) is 0 Å². The fourth-order valence-electron chi connectivity index (χ4n) is 2.16. The smallest absolute Gasteiger partial charge is 0.228 e. The third-order valence-electron chi connectivity index (χ3n) is 3.32. The highest BCUT2D eigenvalue weighted by Gasteiger charge is 2.32. The van der Waals surface area contributed by atoms with Gasteiger partial charge in [-0.05, 0) is 42.0 Å². The number of pyridine rings is 1. The molecule has 3 nitrogen and oxygen atoms in total. The molecule has 1 amide bonds. The van der Waals surface area contributed by atoms with Gasteiger partial charge in [-0.2, -0.15) is 0 Å². The predicted molar refractivity (Wildman–Crippen MR) is 75.8 cm³/mol. The lowest BCUT2D eigenvalue weighted by Gasteiger charge is -2.22. The molecule has 0 aliphatic heterocycles. The fraction of sp³-hybridized carbons (Fsp3) is 0.333. The van der Waals surface area contributed by atoms with Crippen LogP contribution in [0.5, 0.6) is 0 Å². The molecule has 1 aliphatic carbocycles. The van der Waals surface area contributed by atoms with E-state index in [2.05, 4.69) is 4.98 Å². The third-order valence-corrected chi connectivity index (χ3v) is 4.19. The van der Waals surface area contributed by atoms with Gasteiger partial charge < -0.3 is 4.90 Å². The molecule has 2 aromatic heterocycles. The maximum absolute atomic E-state index is 12.4. The van der Waals surface area contributed by atoms with Crippen LogP contribution >= 0.6 is 11.3 Å². The van der Waals surface area contributed by atoms with Gasteiger partial charge in [-0.1, -0.05) is 6.07 Å². The number of carbonyl (C=O) groups excluding carboxylic acids is 1. The molecular weight excluding hydrogens is 256 g/mol. The Hall–Kier alpha value is -1.68. The normalized spacial score (nSPS) is 14.3. The van der Waals surface area contributed by atoms with Crippen molar-refractivity contribution in [2.75, 3.05) is 0 Å². The van der Waals surface area contributed by atoms with Crippen LogP contribution < -0.4 is 0 Å². The van der Waals surface area contributed by atoms with Crippen LogP contribution in [0.4, 0.5) is 0 Å². The minimum absolute atomic E-state index is 0.238. The van der Waals surface area contributed by atoms with Crippen molar-refractivity contribution in [2.24, 2.45) is 0 Å². The van der Waals surface area contributed by atoms with E-state index in [1.54, 1.807) is 23.7 Å². The molecular formula is C15H16N2OS. The summed E-state index contributed by atoms with van der Waals surface area (Å²) in [6.45, 7) is 0.706. The van der Waals surface area contributed by atoms with Gasteiger partial charge in [0, 0.05) is 29.9 Å². The quantitative estimate of drug-likeness (QED) is 0.838. The van der Waals surface area contributed by atoms with Gasteiger partial charge in [0.05, 0.1) is 6.42 Å². The zero-order valence-corrected chi connectivity index (χ0v) is 11.5. The van der Waals surface area contributed by atoms with Crippen LogP contribution in [0.1, 0.15) is 23.3 Å². The van der Waals surface area contributed by atoms with E-state index in [4.69, 9.17) is 0 Å². The van der Waals surface area contributed by atoms with Crippen molar-refractivity contribution in [3.63, 3.8) is 0 Å². The SMILES string of the molecule is O=C(Cc1cccs1)N(Cc1ccncc1)C1CC1. The molecule has 0 atom stereocenters. The standard InChI is InChI=1S/C15H16N2OS/c18-15(10-14-2-1-9-19-14)17(13-3-4-13)11-12-5-7-16-8-6-12/h1-2,5-9,13H,3-4,10-11H2. The Kier molecular flexibility index (Phi) is 3.60. The molecule has 0 bridgehead atoms. The van der Waals surface area contributed by atoms with Gasteiger partial charge in [0.1, 0.15) is 0 Å². The Labute approximate surface area is 116 Å². The Morgan fingerprint density at radius 1 is 1.32 bits per heavy atom. The summed E-state index contributed by atoms with van der Waals surface area (Å²) in [5.41, 5.74) is 1.15. The molecule has 0 radical (unpaired) electrons. The van der Waals surface area contributed by atoms with Crippen molar-refractivity contribution in [2.45, 2.75) is 31.8 Å². The van der Waals surface area contributed by atoms with Gasteiger partial charge in [0.2, 0.25) is 5.91 Å². The monoisotopic (exact) mass is 272 g/mol. The van der Waals surface area contributed by atoms with E-state index in [-0.39, 0.29) is 5.91 Å². The number of hydrogen-bond donors (Lipinski definition) is 0. The molecule has 1 aliphatic rings. The molecule has 1 saturated carbocycles. The van der Waals surface area contributed by atoms with Crippen LogP contribution in [0.25, 0.3) is 0 Å². The summed E-state index contributed by atoms with van der Waals surface area (Å²) in [5.74, 6) is 0.238. The second-order valence-electron chi connectivity index (χ2n) is 4.86. The first-order valence-corrected chi connectivity index (χ1v) is 7.41. The lowest BCUT2D eigenvalue weighted by Crippen LogP contribution is -2.33. The molecule has 3 rings (SSSR count). The van der Waals surface area contributed by atoms with Crippen LogP contribution in [-0.2, 0) is 17.8 Å². The number of aromatic nitrogens is 1. The zero-order valence-electron chi connectivity index (χ0n) is 10.7. The molecule has 0 spiro atoms. The number of thiophene rings is 1. The number of carbonyl (C=O) groups is 1. The van der Waals surface area contributed by atoms with Crippen LogP contribution in [0, 0.1) is 0 Å². The molecule has 2 aromatic rings. The Bertz CT molecular complexity index is 535.